The third-order valence-electron chi connectivity index (χ3n) is 5.32. The van der Waals surface area contributed by atoms with Gasteiger partial charge in [0.25, 0.3) is 0 Å². The number of aryl methyl sites for hydroxylation is 1. The van der Waals surface area contributed by atoms with E-state index in [1.807, 2.05) is 29.6 Å². The number of carbonyl (C=O) groups is 1. The van der Waals surface area contributed by atoms with E-state index >= 15 is 0 Å². The van der Waals surface area contributed by atoms with E-state index in [4.69, 9.17) is 0 Å². The maximum atomic E-state index is 12.6. The number of amides is 1. The molecule has 1 N–H and O–H groups in total. The van der Waals surface area contributed by atoms with Crippen LogP contribution in [-0.4, -0.2) is 31.4 Å². The number of thioether (sulfide) groups is 1. The summed E-state index contributed by atoms with van der Waals surface area (Å²) in [5.41, 5.74) is 4.20. The molecular weight excluding hydrogens is 483 g/mol. The molecular formula is C25H23N5OS3. The Kier molecular flexibility index (Phi) is 6.75. The van der Waals surface area contributed by atoms with Crippen LogP contribution in [0.15, 0.2) is 64.4 Å². The van der Waals surface area contributed by atoms with Crippen LogP contribution in [0.25, 0.3) is 32.7 Å². The molecule has 0 fully saturated rings. The number of nitrogens with zero attached hydrogens (tertiary/aromatic N) is 4. The molecule has 0 aliphatic heterocycles. The van der Waals surface area contributed by atoms with Gasteiger partial charge in [0.1, 0.15) is 0 Å². The summed E-state index contributed by atoms with van der Waals surface area (Å²) in [6.45, 7) is 4.98. The molecule has 0 spiro atoms. The van der Waals surface area contributed by atoms with Crippen molar-refractivity contribution in [3.05, 3.63) is 64.9 Å². The summed E-state index contributed by atoms with van der Waals surface area (Å²) in [5, 5.41) is 18.4. The van der Waals surface area contributed by atoms with Crippen LogP contribution in [0.2, 0.25) is 0 Å². The van der Waals surface area contributed by atoms with Crippen LogP contribution in [0.4, 0.5) is 5.13 Å². The first kappa shape index (κ1) is 22.8. The van der Waals surface area contributed by atoms with Crippen LogP contribution in [0.5, 0.6) is 0 Å². The predicted octanol–water partition coefficient (Wildman–Crippen LogP) is 6.73. The first-order chi connectivity index (χ1) is 16.6. The van der Waals surface area contributed by atoms with Crippen LogP contribution in [0, 0.1) is 6.92 Å². The Morgan fingerprint density at radius 3 is 2.71 bits per heavy atom. The lowest BCUT2D eigenvalue weighted by molar-refractivity contribution is -0.113. The van der Waals surface area contributed by atoms with Crippen LogP contribution in [-0.2, 0) is 11.3 Å². The number of anilines is 1. The van der Waals surface area contributed by atoms with Gasteiger partial charge >= 0.3 is 0 Å². The highest BCUT2D eigenvalue weighted by molar-refractivity contribution is 7.99. The predicted molar refractivity (Wildman–Crippen MR) is 143 cm³/mol. The molecule has 3 heterocycles. The van der Waals surface area contributed by atoms with Gasteiger partial charge in [0.05, 0.1) is 11.4 Å². The Balaban J connectivity index is 1.28. The molecule has 9 heteroatoms. The molecule has 34 heavy (non-hydrogen) atoms. The van der Waals surface area contributed by atoms with Crippen molar-refractivity contribution >= 4 is 55.6 Å². The SMILES string of the molecule is CCCn1c(SCC(=O)Nc2nc(-c3ccc(C)cc3)cs2)nnc1-c1csc2ccccc12. The Morgan fingerprint density at radius 2 is 1.88 bits per heavy atom. The highest BCUT2D eigenvalue weighted by Gasteiger charge is 2.18. The molecule has 5 rings (SSSR count). The van der Waals surface area contributed by atoms with Crippen molar-refractivity contribution in [2.24, 2.45) is 0 Å². The Hall–Kier alpha value is -3.01. The first-order valence-electron chi connectivity index (χ1n) is 11.0. The van der Waals surface area contributed by atoms with E-state index in [2.05, 4.69) is 68.6 Å². The molecule has 0 bridgehead atoms. The van der Waals surface area contributed by atoms with Gasteiger partial charge in [-0.1, -0.05) is 66.7 Å². The summed E-state index contributed by atoms with van der Waals surface area (Å²) in [7, 11) is 0. The number of hydrogen-bond donors (Lipinski definition) is 1. The molecule has 0 aliphatic carbocycles. The van der Waals surface area contributed by atoms with Crippen molar-refractivity contribution in [1.82, 2.24) is 19.7 Å². The number of thiophene rings is 1. The summed E-state index contributed by atoms with van der Waals surface area (Å²) in [5.74, 6) is 0.986. The number of fused-ring (bicyclic) bond motifs is 1. The minimum Gasteiger partial charge on any atom is -0.302 e. The third-order valence-corrected chi connectivity index (χ3v) is 8.00. The van der Waals surface area contributed by atoms with Gasteiger partial charge in [-0.2, -0.15) is 0 Å². The standard InChI is InChI=1S/C25H23N5OS3/c1-3-12-30-23(19-13-32-21-7-5-4-6-18(19)21)28-29-25(30)34-15-22(31)27-24-26-20(14-33-24)17-10-8-16(2)9-11-17/h4-11,13-14H,3,12,15H2,1-2H3,(H,26,27,31). The van der Waals surface area contributed by atoms with Crippen molar-refractivity contribution in [2.45, 2.75) is 32.0 Å². The van der Waals surface area contributed by atoms with Crippen molar-refractivity contribution in [2.75, 3.05) is 11.1 Å². The third kappa shape index (κ3) is 4.77. The zero-order valence-corrected chi connectivity index (χ0v) is 21.3. The average molecular weight is 506 g/mol. The van der Waals surface area contributed by atoms with Gasteiger partial charge in [-0.15, -0.1) is 32.9 Å². The van der Waals surface area contributed by atoms with Crippen molar-refractivity contribution in [3.8, 4) is 22.6 Å². The van der Waals surface area contributed by atoms with Gasteiger partial charge in [0.2, 0.25) is 5.91 Å². The molecule has 0 radical (unpaired) electrons. The number of benzene rings is 2. The zero-order valence-electron chi connectivity index (χ0n) is 18.8. The lowest BCUT2D eigenvalue weighted by Crippen LogP contribution is -2.14. The van der Waals surface area contributed by atoms with Gasteiger partial charge in [0, 0.05) is 38.5 Å². The molecule has 172 valence electrons. The lowest BCUT2D eigenvalue weighted by Gasteiger charge is -2.08. The van der Waals surface area contributed by atoms with Gasteiger partial charge in [-0.25, -0.2) is 4.98 Å². The van der Waals surface area contributed by atoms with Crippen molar-refractivity contribution in [1.29, 1.82) is 0 Å². The van der Waals surface area contributed by atoms with Crippen LogP contribution < -0.4 is 5.32 Å². The minimum absolute atomic E-state index is 0.108. The molecule has 6 nitrogen and oxygen atoms in total. The molecule has 5 aromatic rings. The van der Waals surface area contributed by atoms with E-state index in [0.29, 0.717) is 5.13 Å². The number of rotatable bonds is 8. The molecule has 3 aromatic heterocycles. The fraction of sp³-hybridized carbons (Fsp3) is 0.200. The second-order valence-corrected chi connectivity index (χ2v) is 10.6. The van der Waals surface area contributed by atoms with Gasteiger partial charge in [0.15, 0.2) is 16.1 Å². The topological polar surface area (TPSA) is 72.7 Å². The Bertz CT molecular complexity index is 1430. The van der Waals surface area contributed by atoms with Gasteiger partial charge in [-0.05, 0) is 19.4 Å². The Morgan fingerprint density at radius 1 is 1.06 bits per heavy atom. The van der Waals surface area contributed by atoms with Crippen LogP contribution >= 0.6 is 34.4 Å². The van der Waals surface area contributed by atoms with Gasteiger partial charge < -0.3 is 9.88 Å². The molecule has 0 saturated carbocycles. The summed E-state index contributed by atoms with van der Waals surface area (Å²) < 4.78 is 3.34. The number of nitrogens with one attached hydrogen (secondary N) is 1. The van der Waals surface area contributed by atoms with Gasteiger partial charge in [-0.3, -0.25) is 4.79 Å². The second kappa shape index (κ2) is 10.1. The fourth-order valence-electron chi connectivity index (χ4n) is 3.64. The highest BCUT2D eigenvalue weighted by atomic mass is 32.2. The van der Waals surface area contributed by atoms with E-state index < -0.39 is 0 Å². The quantitative estimate of drug-likeness (QED) is 0.237. The summed E-state index contributed by atoms with van der Waals surface area (Å²) in [6, 6.07) is 16.5. The number of hydrogen-bond acceptors (Lipinski definition) is 7. The van der Waals surface area contributed by atoms with Crippen LogP contribution in [0.1, 0.15) is 18.9 Å². The lowest BCUT2D eigenvalue weighted by atomic mass is 10.1. The van der Waals surface area contributed by atoms with E-state index in [-0.39, 0.29) is 11.7 Å². The minimum atomic E-state index is -0.108. The monoisotopic (exact) mass is 505 g/mol. The molecule has 0 unspecified atom stereocenters. The normalized spacial score (nSPS) is 11.2. The fourth-order valence-corrected chi connectivity index (χ4v) is 6.08. The average Bonchev–Trinajstić information content (AvgIpc) is 3.57. The highest BCUT2D eigenvalue weighted by Crippen LogP contribution is 2.34. The zero-order chi connectivity index (χ0) is 23.5. The summed E-state index contributed by atoms with van der Waals surface area (Å²) in [4.78, 5) is 17.2. The van der Waals surface area contributed by atoms with Crippen molar-refractivity contribution < 1.29 is 4.79 Å². The smallest absolute Gasteiger partial charge is 0.236 e. The van der Waals surface area contributed by atoms with E-state index in [1.165, 1.54) is 38.7 Å². The number of aromatic nitrogens is 4. The van der Waals surface area contributed by atoms with Crippen LogP contribution in [0.3, 0.4) is 0 Å². The summed E-state index contributed by atoms with van der Waals surface area (Å²) >= 11 is 4.54. The molecule has 0 atom stereocenters. The number of carbonyl (C=O) groups excluding carboxylic acids is 1. The molecule has 0 aliphatic rings. The number of thiazole rings is 1. The maximum Gasteiger partial charge on any atom is 0.236 e. The van der Waals surface area contributed by atoms with E-state index in [0.717, 1.165) is 40.8 Å². The first-order valence-corrected chi connectivity index (χ1v) is 13.7. The Labute approximate surface area is 210 Å². The second-order valence-electron chi connectivity index (χ2n) is 7.84. The van der Waals surface area contributed by atoms with E-state index in [1.54, 1.807) is 11.3 Å². The largest absolute Gasteiger partial charge is 0.302 e. The molecule has 2 aromatic carbocycles. The summed E-state index contributed by atoms with van der Waals surface area (Å²) in [6.07, 6.45) is 0.952. The van der Waals surface area contributed by atoms with E-state index in [9.17, 15) is 4.79 Å². The van der Waals surface area contributed by atoms with Crippen molar-refractivity contribution in [3.63, 3.8) is 0 Å². The molecule has 1 amide bonds. The molecule has 0 saturated heterocycles. The maximum absolute atomic E-state index is 12.6.